The quantitative estimate of drug-likeness (QED) is 0.679. The van der Waals surface area contributed by atoms with E-state index >= 15 is 0 Å². The van der Waals surface area contributed by atoms with E-state index < -0.39 is 0 Å². The molecule has 0 fully saturated rings. The van der Waals surface area contributed by atoms with E-state index in [4.69, 9.17) is 0 Å². The molecule has 0 aliphatic rings. The summed E-state index contributed by atoms with van der Waals surface area (Å²) < 4.78 is 0. The minimum absolute atomic E-state index is 0.390. The van der Waals surface area contributed by atoms with Crippen molar-refractivity contribution < 1.29 is 0 Å². The van der Waals surface area contributed by atoms with Gasteiger partial charge in [0.2, 0.25) is 0 Å². The molecular weight excluding hydrogens is 284 g/mol. The molecule has 2 heterocycles. The Bertz CT molecular complexity index is 628. The molecule has 0 aliphatic carbocycles. The van der Waals surface area contributed by atoms with Crippen LogP contribution in [0.1, 0.15) is 24.3 Å². The van der Waals surface area contributed by atoms with E-state index in [0.717, 1.165) is 17.1 Å². The van der Waals surface area contributed by atoms with Crippen LogP contribution in [0.2, 0.25) is 0 Å². The number of nitrogens with one attached hydrogen (secondary N) is 1. The van der Waals surface area contributed by atoms with Crippen LogP contribution in [0.4, 0.5) is 5.69 Å². The monoisotopic (exact) mass is 300 g/mol. The number of thiazole rings is 1. The van der Waals surface area contributed by atoms with Crippen molar-refractivity contribution in [3.8, 4) is 10.6 Å². The summed E-state index contributed by atoms with van der Waals surface area (Å²) in [6.45, 7) is 2.21. The van der Waals surface area contributed by atoms with Crippen LogP contribution in [0.3, 0.4) is 0 Å². The van der Waals surface area contributed by atoms with Crippen molar-refractivity contribution in [2.24, 2.45) is 0 Å². The molecule has 1 N–H and O–H groups in total. The van der Waals surface area contributed by atoms with Crippen LogP contribution in [0.25, 0.3) is 10.6 Å². The number of hydrogen-bond acceptors (Lipinski definition) is 4. The van der Waals surface area contributed by atoms with Crippen molar-refractivity contribution in [2.75, 3.05) is 5.32 Å². The SMILES string of the molecule is CCC(Nc1ccc(-c2nccs2)cc1)c1cccs1. The first-order valence-corrected chi connectivity index (χ1v) is 8.42. The van der Waals surface area contributed by atoms with Gasteiger partial charge in [-0.05, 0) is 42.1 Å². The van der Waals surface area contributed by atoms with Crippen molar-refractivity contribution in [3.05, 3.63) is 58.2 Å². The zero-order chi connectivity index (χ0) is 13.8. The maximum absolute atomic E-state index is 4.33. The van der Waals surface area contributed by atoms with E-state index in [2.05, 4.69) is 59.0 Å². The number of benzene rings is 1. The molecule has 1 atom stereocenters. The van der Waals surface area contributed by atoms with Gasteiger partial charge in [-0.1, -0.05) is 13.0 Å². The van der Waals surface area contributed by atoms with Crippen LogP contribution in [0.5, 0.6) is 0 Å². The molecule has 1 unspecified atom stereocenters. The van der Waals surface area contributed by atoms with Gasteiger partial charge in [-0.15, -0.1) is 22.7 Å². The van der Waals surface area contributed by atoms with E-state index in [1.165, 1.54) is 10.4 Å². The van der Waals surface area contributed by atoms with Crippen molar-refractivity contribution in [1.82, 2.24) is 4.98 Å². The third-order valence-electron chi connectivity index (χ3n) is 3.20. The molecule has 4 heteroatoms. The third-order valence-corrected chi connectivity index (χ3v) is 5.01. The van der Waals surface area contributed by atoms with Crippen molar-refractivity contribution in [1.29, 1.82) is 0 Å². The Morgan fingerprint density at radius 2 is 1.95 bits per heavy atom. The maximum Gasteiger partial charge on any atom is 0.123 e. The van der Waals surface area contributed by atoms with Gasteiger partial charge < -0.3 is 5.32 Å². The Hall–Kier alpha value is -1.65. The van der Waals surface area contributed by atoms with Gasteiger partial charge in [-0.25, -0.2) is 4.98 Å². The fraction of sp³-hybridized carbons (Fsp3) is 0.188. The molecule has 102 valence electrons. The lowest BCUT2D eigenvalue weighted by Crippen LogP contribution is -2.07. The number of aromatic nitrogens is 1. The molecule has 0 saturated carbocycles. The van der Waals surface area contributed by atoms with Gasteiger partial charge in [0.1, 0.15) is 5.01 Å². The van der Waals surface area contributed by atoms with Crippen molar-refractivity contribution >= 4 is 28.4 Å². The van der Waals surface area contributed by atoms with Gasteiger partial charge in [0.05, 0.1) is 6.04 Å². The Morgan fingerprint density at radius 1 is 1.10 bits per heavy atom. The van der Waals surface area contributed by atoms with Gasteiger partial charge in [-0.2, -0.15) is 0 Å². The lowest BCUT2D eigenvalue weighted by Gasteiger charge is -2.17. The topological polar surface area (TPSA) is 24.9 Å². The lowest BCUT2D eigenvalue weighted by molar-refractivity contribution is 0.764. The summed E-state index contributed by atoms with van der Waals surface area (Å²) in [7, 11) is 0. The molecule has 1 aromatic carbocycles. The average Bonchev–Trinajstić information content (AvgIpc) is 3.18. The average molecular weight is 300 g/mol. The van der Waals surface area contributed by atoms with Crippen LogP contribution >= 0.6 is 22.7 Å². The number of rotatable bonds is 5. The summed E-state index contributed by atoms with van der Waals surface area (Å²) >= 11 is 3.47. The van der Waals surface area contributed by atoms with Crippen LogP contribution in [0, 0.1) is 0 Å². The normalized spacial score (nSPS) is 12.2. The molecule has 3 rings (SSSR count). The molecule has 0 saturated heterocycles. The molecule has 0 amide bonds. The Labute approximate surface area is 127 Å². The van der Waals surface area contributed by atoms with E-state index in [-0.39, 0.29) is 0 Å². The molecule has 2 aromatic heterocycles. The predicted octanol–water partition coefficient (Wildman–Crippen LogP) is 5.43. The molecule has 2 nitrogen and oxygen atoms in total. The first-order chi connectivity index (χ1) is 9.86. The summed E-state index contributed by atoms with van der Waals surface area (Å²) in [5.74, 6) is 0. The lowest BCUT2D eigenvalue weighted by atomic mass is 10.1. The second kappa shape index (κ2) is 6.20. The van der Waals surface area contributed by atoms with Gasteiger partial charge in [0, 0.05) is 27.7 Å². The predicted molar refractivity (Wildman–Crippen MR) is 88.5 cm³/mol. The molecule has 20 heavy (non-hydrogen) atoms. The van der Waals surface area contributed by atoms with E-state index in [0.29, 0.717) is 6.04 Å². The number of nitrogens with zero attached hydrogens (tertiary/aromatic N) is 1. The smallest absolute Gasteiger partial charge is 0.123 e. The zero-order valence-corrected chi connectivity index (χ0v) is 12.9. The Balaban J connectivity index is 1.75. The van der Waals surface area contributed by atoms with Gasteiger partial charge in [0.25, 0.3) is 0 Å². The highest BCUT2D eigenvalue weighted by molar-refractivity contribution is 7.13. The van der Waals surface area contributed by atoms with E-state index in [9.17, 15) is 0 Å². The molecule has 0 radical (unpaired) electrons. The molecule has 3 aromatic rings. The number of hydrogen-bond donors (Lipinski definition) is 1. The number of thiophene rings is 1. The minimum atomic E-state index is 0.390. The van der Waals surface area contributed by atoms with Crippen molar-refractivity contribution in [3.63, 3.8) is 0 Å². The second-order valence-electron chi connectivity index (χ2n) is 4.54. The molecule has 0 spiro atoms. The third kappa shape index (κ3) is 2.92. The fourth-order valence-corrected chi connectivity index (χ4v) is 3.65. The standard InChI is InChI=1S/C16H16N2S2/c1-2-14(15-4-3-10-19-15)18-13-7-5-12(6-8-13)16-17-9-11-20-16/h3-11,14,18H,2H2,1H3. The molecule has 0 bridgehead atoms. The highest BCUT2D eigenvalue weighted by atomic mass is 32.1. The Morgan fingerprint density at radius 3 is 2.55 bits per heavy atom. The first kappa shape index (κ1) is 13.3. The maximum atomic E-state index is 4.33. The van der Waals surface area contributed by atoms with Crippen LogP contribution in [-0.4, -0.2) is 4.98 Å². The van der Waals surface area contributed by atoms with Crippen LogP contribution in [-0.2, 0) is 0 Å². The number of anilines is 1. The summed E-state index contributed by atoms with van der Waals surface area (Å²) in [4.78, 5) is 5.72. The zero-order valence-electron chi connectivity index (χ0n) is 11.2. The first-order valence-electron chi connectivity index (χ1n) is 6.66. The van der Waals surface area contributed by atoms with Crippen LogP contribution in [0.15, 0.2) is 53.4 Å². The summed E-state index contributed by atoms with van der Waals surface area (Å²) in [5.41, 5.74) is 2.33. The summed E-state index contributed by atoms with van der Waals surface area (Å²) in [6.07, 6.45) is 2.92. The van der Waals surface area contributed by atoms with Crippen molar-refractivity contribution in [2.45, 2.75) is 19.4 Å². The van der Waals surface area contributed by atoms with Gasteiger partial charge >= 0.3 is 0 Å². The van der Waals surface area contributed by atoms with E-state index in [1.54, 1.807) is 22.7 Å². The second-order valence-corrected chi connectivity index (χ2v) is 6.41. The summed E-state index contributed by atoms with van der Waals surface area (Å²) in [5, 5.41) is 8.80. The highest BCUT2D eigenvalue weighted by Gasteiger charge is 2.10. The largest absolute Gasteiger partial charge is 0.377 e. The Kier molecular flexibility index (Phi) is 4.14. The summed E-state index contributed by atoms with van der Waals surface area (Å²) in [6, 6.07) is 13.2. The molecule has 0 aliphatic heterocycles. The van der Waals surface area contributed by atoms with E-state index in [1.807, 2.05) is 11.6 Å². The highest BCUT2D eigenvalue weighted by Crippen LogP contribution is 2.28. The van der Waals surface area contributed by atoms with Crippen LogP contribution < -0.4 is 5.32 Å². The fourth-order valence-electron chi connectivity index (χ4n) is 2.14. The van der Waals surface area contributed by atoms with Gasteiger partial charge in [0.15, 0.2) is 0 Å². The molecular formula is C16H16N2S2. The minimum Gasteiger partial charge on any atom is -0.377 e. The van der Waals surface area contributed by atoms with Gasteiger partial charge in [-0.3, -0.25) is 0 Å².